The molecular weight excluding hydrogens is 166 g/mol. The highest BCUT2D eigenvalue weighted by Crippen LogP contribution is 1.98. The highest BCUT2D eigenvalue weighted by molar-refractivity contribution is 5.05. The van der Waals surface area contributed by atoms with E-state index >= 15 is 0 Å². The molecule has 72 valence electrons. The first-order chi connectivity index (χ1) is 6.36. The van der Waals surface area contributed by atoms with Gasteiger partial charge in [-0.2, -0.15) is 0 Å². The third kappa shape index (κ3) is 3.50. The normalized spacial score (nSPS) is 12.8. The van der Waals surface area contributed by atoms with Crippen LogP contribution in [0.2, 0.25) is 0 Å². The van der Waals surface area contributed by atoms with Crippen molar-refractivity contribution in [2.75, 3.05) is 13.7 Å². The van der Waals surface area contributed by atoms with Gasteiger partial charge in [0.1, 0.15) is 0 Å². The second-order valence-corrected chi connectivity index (χ2v) is 2.84. The molecular formula is C9H15N3O. The molecule has 1 rings (SSSR count). The van der Waals surface area contributed by atoms with Gasteiger partial charge in [-0.1, -0.05) is 6.07 Å². The summed E-state index contributed by atoms with van der Waals surface area (Å²) in [6.45, 7) is 0.590. The molecule has 13 heavy (non-hydrogen) atoms. The largest absolute Gasteiger partial charge is 0.383 e. The van der Waals surface area contributed by atoms with E-state index in [9.17, 15) is 0 Å². The van der Waals surface area contributed by atoms with E-state index in [0.29, 0.717) is 6.61 Å². The number of ether oxygens (including phenoxy) is 1. The Morgan fingerprint density at radius 3 is 3.00 bits per heavy atom. The molecule has 0 aliphatic rings. The van der Waals surface area contributed by atoms with Crippen LogP contribution in [0.1, 0.15) is 5.69 Å². The fraction of sp³-hybridized carbons (Fsp3) is 0.444. The summed E-state index contributed by atoms with van der Waals surface area (Å²) in [7, 11) is 1.66. The van der Waals surface area contributed by atoms with Crippen LogP contribution in [-0.4, -0.2) is 24.7 Å². The first-order valence-electron chi connectivity index (χ1n) is 4.21. The first kappa shape index (κ1) is 10.1. The Morgan fingerprint density at radius 2 is 2.46 bits per heavy atom. The lowest BCUT2D eigenvalue weighted by molar-refractivity contribution is 0.166. The molecule has 4 heteroatoms. The van der Waals surface area contributed by atoms with E-state index in [1.54, 1.807) is 13.3 Å². The molecule has 0 fully saturated rings. The lowest BCUT2D eigenvalue weighted by atomic mass is 10.1. The van der Waals surface area contributed by atoms with Gasteiger partial charge in [0.2, 0.25) is 0 Å². The Bertz CT molecular complexity index is 228. The Kier molecular flexibility index (Phi) is 4.39. The van der Waals surface area contributed by atoms with Crippen molar-refractivity contribution in [1.29, 1.82) is 0 Å². The van der Waals surface area contributed by atoms with Crippen LogP contribution in [0.15, 0.2) is 24.4 Å². The lowest BCUT2D eigenvalue weighted by Gasteiger charge is -2.13. The molecule has 0 amide bonds. The molecule has 3 N–H and O–H groups in total. The Balaban J connectivity index is 2.46. The predicted octanol–water partition coefficient (Wildman–Crippen LogP) is 0.102. The number of hydrogen-bond donors (Lipinski definition) is 2. The number of pyridine rings is 1. The summed E-state index contributed by atoms with van der Waals surface area (Å²) in [4.78, 5) is 4.20. The summed E-state index contributed by atoms with van der Waals surface area (Å²) in [5.74, 6) is 5.35. The molecule has 0 saturated heterocycles. The van der Waals surface area contributed by atoms with E-state index in [2.05, 4.69) is 10.4 Å². The van der Waals surface area contributed by atoms with E-state index in [-0.39, 0.29) is 6.04 Å². The third-order valence-corrected chi connectivity index (χ3v) is 1.79. The van der Waals surface area contributed by atoms with Gasteiger partial charge in [0, 0.05) is 31.5 Å². The van der Waals surface area contributed by atoms with Crippen LogP contribution in [-0.2, 0) is 11.2 Å². The van der Waals surface area contributed by atoms with Gasteiger partial charge in [-0.05, 0) is 12.1 Å². The first-order valence-corrected chi connectivity index (χ1v) is 4.21. The van der Waals surface area contributed by atoms with Crippen molar-refractivity contribution in [3.8, 4) is 0 Å². The quantitative estimate of drug-likeness (QED) is 0.499. The number of nitrogens with two attached hydrogens (primary N) is 1. The van der Waals surface area contributed by atoms with Crippen LogP contribution in [0.4, 0.5) is 0 Å². The number of hydrazine groups is 1. The van der Waals surface area contributed by atoms with Crippen LogP contribution >= 0.6 is 0 Å². The van der Waals surface area contributed by atoms with Gasteiger partial charge in [0.05, 0.1) is 6.61 Å². The summed E-state index contributed by atoms with van der Waals surface area (Å²) in [5, 5.41) is 0. The van der Waals surface area contributed by atoms with E-state index in [1.165, 1.54) is 0 Å². The highest BCUT2D eigenvalue weighted by atomic mass is 16.5. The minimum Gasteiger partial charge on any atom is -0.383 e. The minimum atomic E-state index is 0.125. The standard InChI is InChI=1S/C9H15N3O/c1-13-7-9(12-10)6-8-4-2-3-5-11-8/h2-5,9,12H,6-7,10H2,1H3. The smallest absolute Gasteiger partial charge is 0.0633 e. The zero-order valence-electron chi connectivity index (χ0n) is 7.73. The summed E-state index contributed by atoms with van der Waals surface area (Å²) in [5.41, 5.74) is 3.70. The third-order valence-electron chi connectivity index (χ3n) is 1.79. The number of nitrogens with zero attached hydrogens (tertiary/aromatic N) is 1. The molecule has 0 bridgehead atoms. The summed E-state index contributed by atoms with van der Waals surface area (Å²) >= 11 is 0. The van der Waals surface area contributed by atoms with Crippen LogP contribution < -0.4 is 11.3 Å². The van der Waals surface area contributed by atoms with Crippen molar-refractivity contribution in [3.63, 3.8) is 0 Å². The molecule has 4 nitrogen and oxygen atoms in total. The molecule has 0 aliphatic heterocycles. The maximum absolute atomic E-state index is 5.35. The second-order valence-electron chi connectivity index (χ2n) is 2.84. The van der Waals surface area contributed by atoms with Crippen LogP contribution in [0.3, 0.4) is 0 Å². The molecule has 1 aromatic heterocycles. The van der Waals surface area contributed by atoms with Crippen molar-refractivity contribution in [2.45, 2.75) is 12.5 Å². The molecule has 1 unspecified atom stereocenters. The Hall–Kier alpha value is -0.970. The number of hydrogen-bond acceptors (Lipinski definition) is 4. The monoisotopic (exact) mass is 181 g/mol. The number of nitrogens with one attached hydrogen (secondary N) is 1. The van der Waals surface area contributed by atoms with Crippen molar-refractivity contribution in [3.05, 3.63) is 30.1 Å². The number of methoxy groups -OCH3 is 1. The molecule has 0 aliphatic carbocycles. The fourth-order valence-corrected chi connectivity index (χ4v) is 1.14. The molecule has 1 heterocycles. The molecule has 0 saturated carbocycles. The van der Waals surface area contributed by atoms with E-state index in [1.807, 2.05) is 18.2 Å². The Labute approximate surface area is 78.1 Å². The molecule has 0 spiro atoms. The van der Waals surface area contributed by atoms with Gasteiger partial charge >= 0.3 is 0 Å². The van der Waals surface area contributed by atoms with Crippen LogP contribution in [0.25, 0.3) is 0 Å². The molecule has 0 aromatic carbocycles. The maximum Gasteiger partial charge on any atom is 0.0633 e. The summed E-state index contributed by atoms with van der Waals surface area (Å²) < 4.78 is 5.00. The van der Waals surface area contributed by atoms with Crippen LogP contribution in [0, 0.1) is 0 Å². The van der Waals surface area contributed by atoms with Gasteiger partial charge in [-0.15, -0.1) is 0 Å². The molecule has 1 atom stereocenters. The van der Waals surface area contributed by atoms with Gasteiger partial charge in [0.15, 0.2) is 0 Å². The van der Waals surface area contributed by atoms with Crippen LogP contribution in [0.5, 0.6) is 0 Å². The predicted molar refractivity (Wildman–Crippen MR) is 50.9 cm³/mol. The Morgan fingerprint density at radius 1 is 1.62 bits per heavy atom. The minimum absolute atomic E-state index is 0.125. The number of aromatic nitrogens is 1. The average molecular weight is 181 g/mol. The molecule has 0 radical (unpaired) electrons. The number of rotatable bonds is 5. The van der Waals surface area contributed by atoms with Gasteiger partial charge in [0.25, 0.3) is 0 Å². The summed E-state index contributed by atoms with van der Waals surface area (Å²) in [6, 6.07) is 5.95. The van der Waals surface area contributed by atoms with E-state index in [0.717, 1.165) is 12.1 Å². The highest BCUT2D eigenvalue weighted by Gasteiger charge is 2.06. The van der Waals surface area contributed by atoms with Crippen molar-refractivity contribution in [1.82, 2.24) is 10.4 Å². The van der Waals surface area contributed by atoms with Gasteiger partial charge < -0.3 is 4.74 Å². The lowest BCUT2D eigenvalue weighted by Crippen LogP contribution is -2.40. The maximum atomic E-state index is 5.35. The average Bonchev–Trinajstić information content (AvgIpc) is 2.19. The SMILES string of the molecule is COCC(Cc1ccccn1)NN. The van der Waals surface area contributed by atoms with Crippen molar-refractivity contribution < 1.29 is 4.74 Å². The van der Waals surface area contributed by atoms with Crippen molar-refractivity contribution in [2.24, 2.45) is 5.84 Å². The van der Waals surface area contributed by atoms with E-state index < -0.39 is 0 Å². The fourth-order valence-electron chi connectivity index (χ4n) is 1.14. The van der Waals surface area contributed by atoms with E-state index in [4.69, 9.17) is 10.6 Å². The summed E-state index contributed by atoms with van der Waals surface area (Å²) in [6.07, 6.45) is 2.56. The molecule has 1 aromatic rings. The second kappa shape index (κ2) is 5.64. The van der Waals surface area contributed by atoms with Gasteiger partial charge in [-0.3, -0.25) is 16.3 Å². The van der Waals surface area contributed by atoms with Crippen molar-refractivity contribution >= 4 is 0 Å². The zero-order chi connectivity index (χ0) is 9.52. The van der Waals surface area contributed by atoms with Gasteiger partial charge in [-0.25, -0.2) is 0 Å². The topological polar surface area (TPSA) is 60.2 Å². The zero-order valence-corrected chi connectivity index (χ0v) is 7.73.